The summed E-state index contributed by atoms with van der Waals surface area (Å²) in [5, 5.41) is 4.49. The third-order valence-electron chi connectivity index (χ3n) is 4.65. The van der Waals surface area contributed by atoms with Gasteiger partial charge in [-0.3, -0.25) is 4.79 Å². The van der Waals surface area contributed by atoms with Gasteiger partial charge in [0.15, 0.2) is 0 Å². The molecule has 2 aromatic rings. The molecule has 0 spiro atoms. The van der Waals surface area contributed by atoms with E-state index in [2.05, 4.69) is 10.3 Å². The fourth-order valence-corrected chi connectivity index (χ4v) is 3.57. The highest BCUT2D eigenvalue weighted by molar-refractivity contribution is 6.31. The molecule has 0 aliphatic carbocycles. The Labute approximate surface area is 138 Å². The Kier molecular flexibility index (Phi) is 3.23. The zero-order chi connectivity index (χ0) is 16.1. The number of rotatable bonds is 1. The van der Waals surface area contributed by atoms with Crippen LogP contribution in [0.3, 0.4) is 0 Å². The third-order valence-corrected chi connectivity index (χ3v) is 4.88. The number of fused-ring (bicyclic) bond motifs is 3. The number of urea groups is 1. The number of carbonyl (C=O) groups excluding carboxylic acids is 2. The first kappa shape index (κ1) is 14.4. The van der Waals surface area contributed by atoms with Gasteiger partial charge in [0.1, 0.15) is 6.04 Å². The zero-order valence-electron chi connectivity index (χ0n) is 12.7. The second-order valence-electron chi connectivity index (χ2n) is 6.16. The molecule has 3 amide bonds. The van der Waals surface area contributed by atoms with E-state index in [0.717, 1.165) is 22.9 Å². The number of halogens is 1. The molecule has 0 radical (unpaired) electrons. The minimum atomic E-state index is -0.456. The first-order valence-corrected chi connectivity index (χ1v) is 8.00. The van der Waals surface area contributed by atoms with E-state index in [1.807, 2.05) is 23.1 Å². The molecule has 1 atom stereocenters. The lowest BCUT2D eigenvalue weighted by atomic mass is 10.0. The summed E-state index contributed by atoms with van der Waals surface area (Å²) < 4.78 is 0. The van der Waals surface area contributed by atoms with Crippen LogP contribution in [0.4, 0.5) is 4.79 Å². The van der Waals surface area contributed by atoms with E-state index in [1.54, 1.807) is 7.05 Å². The van der Waals surface area contributed by atoms with Crippen LogP contribution in [0.5, 0.6) is 0 Å². The molecule has 2 aliphatic heterocycles. The molecule has 120 valence electrons. The van der Waals surface area contributed by atoms with Crippen LogP contribution in [-0.4, -0.2) is 52.9 Å². The second kappa shape index (κ2) is 5.16. The number of hydrogen-bond donors (Lipinski definition) is 2. The summed E-state index contributed by atoms with van der Waals surface area (Å²) in [5.74, 6) is -0.0234. The van der Waals surface area contributed by atoms with Gasteiger partial charge in [0.05, 0.1) is 6.54 Å². The predicted molar refractivity (Wildman–Crippen MR) is 87.4 cm³/mol. The summed E-state index contributed by atoms with van der Waals surface area (Å²) in [6, 6.07) is 5.11. The molecule has 3 heterocycles. The van der Waals surface area contributed by atoms with Gasteiger partial charge in [-0.25, -0.2) is 4.79 Å². The fourth-order valence-electron chi connectivity index (χ4n) is 3.40. The van der Waals surface area contributed by atoms with Gasteiger partial charge in [-0.2, -0.15) is 0 Å². The summed E-state index contributed by atoms with van der Waals surface area (Å²) in [6.07, 6.45) is 0.782. The molecule has 0 saturated carbocycles. The summed E-state index contributed by atoms with van der Waals surface area (Å²) in [6.45, 7) is 1.62. The number of amides is 3. The van der Waals surface area contributed by atoms with Crippen molar-refractivity contribution in [2.45, 2.75) is 19.0 Å². The highest BCUT2D eigenvalue weighted by Gasteiger charge is 2.35. The van der Waals surface area contributed by atoms with Gasteiger partial charge in [0.2, 0.25) is 5.91 Å². The Bertz CT molecular complexity index is 816. The van der Waals surface area contributed by atoms with Crippen molar-refractivity contribution in [2.75, 3.05) is 20.1 Å². The number of aromatic nitrogens is 1. The number of aromatic amines is 1. The van der Waals surface area contributed by atoms with Crippen LogP contribution in [0, 0.1) is 0 Å². The summed E-state index contributed by atoms with van der Waals surface area (Å²) in [7, 11) is 1.69. The molecule has 1 saturated heterocycles. The largest absolute Gasteiger partial charge is 0.358 e. The first-order chi connectivity index (χ1) is 11.0. The SMILES string of the molecule is CN1CC(C(=O)N2CCc3[nH]c4ccc(Cl)cc4c3C2)NC1=O. The van der Waals surface area contributed by atoms with Crippen LogP contribution in [0.25, 0.3) is 10.9 Å². The highest BCUT2D eigenvalue weighted by atomic mass is 35.5. The minimum absolute atomic E-state index is 0.0234. The molecule has 7 heteroatoms. The Hall–Kier alpha value is -2.21. The molecule has 6 nitrogen and oxygen atoms in total. The van der Waals surface area contributed by atoms with Crippen LogP contribution in [0.15, 0.2) is 18.2 Å². The number of likely N-dealkylation sites (N-methyl/N-ethyl adjacent to an activating group) is 1. The second-order valence-corrected chi connectivity index (χ2v) is 6.60. The summed E-state index contributed by atoms with van der Waals surface area (Å²) in [5.41, 5.74) is 3.33. The van der Waals surface area contributed by atoms with Gasteiger partial charge in [0.25, 0.3) is 0 Å². The smallest absolute Gasteiger partial charge is 0.317 e. The predicted octanol–water partition coefficient (Wildman–Crippen LogP) is 1.73. The van der Waals surface area contributed by atoms with E-state index in [-0.39, 0.29) is 11.9 Å². The standard InChI is InChI=1S/C16H17ClN4O2/c1-20-8-14(19-16(20)23)15(22)21-5-4-13-11(7-21)10-6-9(17)2-3-12(10)18-13/h2-3,6,14,18H,4-5,7-8H2,1H3,(H,19,23). The van der Waals surface area contributed by atoms with Crippen molar-refractivity contribution in [1.82, 2.24) is 20.1 Å². The van der Waals surface area contributed by atoms with E-state index in [9.17, 15) is 9.59 Å². The van der Waals surface area contributed by atoms with E-state index >= 15 is 0 Å². The van der Waals surface area contributed by atoms with Crippen molar-refractivity contribution in [3.05, 3.63) is 34.5 Å². The van der Waals surface area contributed by atoms with Crippen LogP contribution >= 0.6 is 11.6 Å². The first-order valence-electron chi connectivity index (χ1n) is 7.62. The summed E-state index contributed by atoms with van der Waals surface area (Å²) >= 11 is 6.11. The highest BCUT2D eigenvalue weighted by Crippen LogP contribution is 2.30. The maximum atomic E-state index is 12.7. The lowest BCUT2D eigenvalue weighted by Crippen LogP contribution is -2.47. The molecule has 1 fully saturated rings. The van der Waals surface area contributed by atoms with E-state index in [0.29, 0.717) is 24.7 Å². The van der Waals surface area contributed by atoms with Crippen molar-refractivity contribution >= 4 is 34.4 Å². The zero-order valence-corrected chi connectivity index (χ0v) is 13.5. The van der Waals surface area contributed by atoms with Gasteiger partial charge in [0, 0.05) is 53.7 Å². The summed E-state index contributed by atoms with van der Waals surface area (Å²) in [4.78, 5) is 31.0. The lowest BCUT2D eigenvalue weighted by Gasteiger charge is -2.29. The quantitative estimate of drug-likeness (QED) is 0.835. The monoisotopic (exact) mass is 332 g/mol. The average Bonchev–Trinajstić information content (AvgIpc) is 3.06. The number of H-pyrrole nitrogens is 1. The van der Waals surface area contributed by atoms with Crippen LogP contribution in [0.1, 0.15) is 11.3 Å². The number of benzene rings is 1. The van der Waals surface area contributed by atoms with Gasteiger partial charge in [-0.1, -0.05) is 11.6 Å². The Morgan fingerprint density at radius 3 is 2.96 bits per heavy atom. The number of carbonyl (C=O) groups is 2. The van der Waals surface area contributed by atoms with E-state index in [4.69, 9.17) is 11.6 Å². The van der Waals surface area contributed by atoms with Crippen LogP contribution in [0.2, 0.25) is 5.02 Å². The van der Waals surface area contributed by atoms with Crippen LogP contribution < -0.4 is 5.32 Å². The molecule has 23 heavy (non-hydrogen) atoms. The van der Waals surface area contributed by atoms with Crippen LogP contribution in [-0.2, 0) is 17.8 Å². The molecule has 0 bridgehead atoms. The van der Waals surface area contributed by atoms with Gasteiger partial charge >= 0.3 is 6.03 Å². The maximum Gasteiger partial charge on any atom is 0.317 e. The molecule has 2 N–H and O–H groups in total. The Morgan fingerprint density at radius 2 is 2.22 bits per heavy atom. The van der Waals surface area contributed by atoms with Gasteiger partial charge in [-0.15, -0.1) is 0 Å². The van der Waals surface area contributed by atoms with E-state index < -0.39 is 6.04 Å². The lowest BCUT2D eigenvalue weighted by molar-refractivity contribution is -0.133. The van der Waals surface area contributed by atoms with Crippen molar-refractivity contribution in [3.8, 4) is 0 Å². The Morgan fingerprint density at radius 1 is 1.39 bits per heavy atom. The number of nitrogens with zero attached hydrogens (tertiary/aromatic N) is 2. The van der Waals surface area contributed by atoms with Crippen molar-refractivity contribution in [1.29, 1.82) is 0 Å². The number of hydrogen-bond acceptors (Lipinski definition) is 2. The van der Waals surface area contributed by atoms with Gasteiger partial charge < -0.3 is 20.1 Å². The normalized spacial score (nSPS) is 20.8. The topological polar surface area (TPSA) is 68.4 Å². The molecular formula is C16H17ClN4O2. The Balaban J connectivity index is 1.61. The molecule has 2 aliphatic rings. The van der Waals surface area contributed by atoms with Crippen molar-refractivity contribution < 1.29 is 9.59 Å². The van der Waals surface area contributed by atoms with Gasteiger partial charge in [-0.05, 0) is 18.2 Å². The van der Waals surface area contributed by atoms with Crippen molar-refractivity contribution in [3.63, 3.8) is 0 Å². The maximum absolute atomic E-state index is 12.7. The minimum Gasteiger partial charge on any atom is -0.358 e. The fraction of sp³-hybridized carbons (Fsp3) is 0.375. The number of nitrogens with one attached hydrogen (secondary N) is 2. The molecular weight excluding hydrogens is 316 g/mol. The van der Waals surface area contributed by atoms with E-state index in [1.165, 1.54) is 10.6 Å². The molecule has 1 unspecified atom stereocenters. The molecule has 1 aromatic carbocycles. The molecule has 4 rings (SSSR count). The molecule has 1 aromatic heterocycles. The third kappa shape index (κ3) is 2.34. The van der Waals surface area contributed by atoms with Crippen molar-refractivity contribution in [2.24, 2.45) is 0 Å². The average molecular weight is 333 g/mol.